The van der Waals surface area contributed by atoms with Gasteiger partial charge in [0.25, 0.3) is 0 Å². The van der Waals surface area contributed by atoms with Gasteiger partial charge in [-0.25, -0.2) is 4.79 Å². The lowest BCUT2D eigenvalue weighted by Gasteiger charge is -2.09. The van der Waals surface area contributed by atoms with Crippen molar-refractivity contribution < 1.29 is 19.0 Å². The van der Waals surface area contributed by atoms with Crippen LogP contribution in [-0.2, 0) is 11.2 Å². The normalized spacial score (nSPS) is 10.3. The van der Waals surface area contributed by atoms with Crippen molar-refractivity contribution in [2.24, 2.45) is 0 Å². The molecule has 0 spiro atoms. The molecule has 6 heteroatoms. The van der Waals surface area contributed by atoms with E-state index in [1.807, 2.05) is 18.2 Å². The third kappa shape index (κ3) is 3.51. The fraction of sp³-hybridized carbons (Fsp3) is 0.312. The van der Waals surface area contributed by atoms with Crippen LogP contribution in [0.1, 0.15) is 27.7 Å². The molecule has 0 radical (unpaired) electrons. The van der Waals surface area contributed by atoms with Crippen LogP contribution in [0.3, 0.4) is 0 Å². The third-order valence-electron chi connectivity index (χ3n) is 3.17. The smallest absolute Gasteiger partial charge is 0.341 e. The quantitative estimate of drug-likeness (QED) is 0.828. The minimum Gasteiger partial charge on any atom is -0.497 e. The summed E-state index contributed by atoms with van der Waals surface area (Å²) < 4.78 is 15.6. The van der Waals surface area contributed by atoms with Gasteiger partial charge in [0.05, 0.1) is 26.4 Å². The van der Waals surface area contributed by atoms with Gasteiger partial charge in [0, 0.05) is 17.4 Å². The average Bonchev–Trinajstić information content (AvgIpc) is 2.88. The molecule has 0 atom stereocenters. The van der Waals surface area contributed by atoms with Crippen molar-refractivity contribution in [3.05, 3.63) is 40.3 Å². The first-order valence-corrected chi connectivity index (χ1v) is 7.66. The number of hydrogen-bond acceptors (Lipinski definition) is 6. The molecule has 0 amide bonds. The van der Waals surface area contributed by atoms with Gasteiger partial charge in [-0.15, -0.1) is 11.3 Å². The largest absolute Gasteiger partial charge is 0.497 e. The number of thiophene rings is 1. The third-order valence-corrected chi connectivity index (χ3v) is 4.13. The molecule has 0 bridgehead atoms. The Morgan fingerprint density at radius 1 is 1.23 bits per heavy atom. The van der Waals surface area contributed by atoms with E-state index in [9.17, 15) is 4.79 Å². The molecule has 1 aromatic heterocycles. The Labute approximate surface area is 133 Å². The summed E-state index contributed by atoms with van der Waals surface area (Å²) in [6.07, 6.45) is 0.626. The fourth-order valence-corrected chi connectivity index (χ4v) is 3.04. The molecule has 118 valence electrons. The number of nitrogens with two attached hydrogens (primary N) is 1. The van der Waals surface area contributed by atoms with Gasteiger partial charge in [-0.05, 0) is 24.6 Å². The lowest BCUT2D eigenvalue weighted by atomic mass is 10.1. The van der Waals surface area contributed by atoms with E-state index in [0.717, 1.165) is 21.9 Å². The zero-order chi connectivity index (χ0) is 16.1. The second-order valence-electron chi connectivity index (χ2n) is 4.57. The fourth-order valence-electron chi connectivity index (χ4n) is 2.10. The van der Waals surface area contributed by atoms with Crippen LogP contribution in [0.25, 0.3) is 0 Å². The molecule has 0 unspecified atom stereocenters. The molecular weight excluding hydrogens is 302 g/mol. The summed E-state index contributed by atoms with van der Waals surface area (Å²) in [6.45, 7) is 2.10. The Bertz CT molecular complexity index is 666. The van der Waals surface area contributed by atoms with Crippen LogP contribution in [0.4, 0.5) is 5.00 Å². The van der Waals surface area contributed by atoms with Crippen molar-refractivity contribution in [1.29, 1.82) is 0 Å². The number of methoxy groups -OCH3 is 2. The maximum absolute atomic E-state index is 11.8. The number of benzene rings is 1. The first-order chi connectivity index (χ1) is 10.6. The van der Waals surface area contributed by atoms with Gasteiger partial charge >= 0.3 is 5.97 Å². The molecule has 0 saturated carbocycles. The summed E-state index contributed by atoms with van der Waals surface area (Å²) in [5, 5.41) is 0.473. The number of hydrogen-bond donors (Lipinski definition) is 1. The molecule has 2 rings (SSSR count). The number of anilines is 1. The topological polar surface area (TPSA) is 70.8 Å². The summed E-state index contributed by atoms with van der Waals surface area (Å²) in [4.78, 5) is 12.8. The molecule has 0 aliphatic rings. The summed E-state index contributed by atoms with van der Waals surface area (Å²) in [7, 11) is 3.23. The average molecular weight is 321 g/mol. The van der Waals surface area contributed by atoms with Crippen molar-refractivity contribution in [2.75, 3.05) is 26.6 Å². The monoisotopic (exact) mass is 321 g/mol. The van der Waals surface area contributed by atoms with Crippen LogP contribution in [0.15, 0.2) is 24.3 Å². The van der Waals surface area contributed by atoms with E-state index in [1.165, 1.54) is 11.3 Å². The standard InChI is InChI=1S/C16H19NO4S/c1-4-21-16(18)13-9-12(22-15(13)17)7-10-5-6-11(19-2)8-14(10)20-3/h5-6,8-9H,4,7,17H2,1-3H3. The number of carbonyl (C=O) groups is 1. The summed E-state index contributed by atoms with van der Waals surface area (Å²) in [5.41, 5.74) is 7.33. The van der Waals surface area contributed by atoms with E-state index in [2.05, 4.69) is 0 Å². The van der Waals surface area contributed by atoms with Gasteiger partial charge in [-0.3, -0.25) is 0 Å². The molecule has 0 aliphatic heterocycles. The molecule has 22 heavy (non-hydrogen) atoms. The van der Waals surface area contributed by atoms with Gasteiger partial charge in [-0.2, -0.15) is 0 Å². The molecule has 1 aromatic carbocycles. The summed E-state index contributed by atoms with van der Waals surface area (Å²) >= 11 is 1.38. The molecule has 2 aromatic rings. The van der Waals surface area contributed by atoms with E-state index >= 15 is 0 Å². The van der Waals surface area contributed by atoms with Crippen molar-refractivity contribution in [3.8, 4) is 11.5 Å². The molecule has 1 heterocycles. The number of rotatable bonds is 6. The molecule has 5 nitrogen and oxygen atoms in total. The molecular formula is C16H19NO4S. The zero-order valence-corrected chi connectivity index (χ0v) is 13.7. The van der Waals surface area contributed by atoms with E-state index in [-0.39, 0.29) is 5.97 Å². The second kappa shape index (κ2) is 7.17. The van der Waals surface area contributed by atoms with E-state index in [4.69, 9.17) is 19.9 Å². The highest BCUT2D eigenvalue weighted by molar-refractivity contribution is 7.16. The van der Waals surface area contributed by atoms with Crippen LogP contribution < -0.4 is 15.2 Å². The predicted octanol–water partition coefficient (Wildman–Crippen LogP) is 3.12. The van der Waals surface area contributed by atoms with Crippen LogP contribution in [0.2, 0.25) is 0 Å². The Kier molecular flexibility index (Phi) is 5.27. The summed E-state index contributed by atoms with van der Waals surface area (Å²) in [5.74, 6) is 1.09. The van der Waals surface area contributed by atoms with Crippen LogP contribution in [-0.4, -0.2) is 26.8 Å². The highest BCUT2D eigenvalue weighted by Crippen LogP contribution is 2.31. The number of nitrogen functional groups attached to an aromatic ring is 1. The van der Waals surface area contributed by atoms with Crippen LogP contribution in [0.5, 0.6) is 11.5 Å². The maximum atomic E-state index is 11.8. The van der Waals surface area contributed by atoms with Gasteiger partial charge in [-0.1, -0.05) is 6.07 Å². The van der Waals surface area contributed by atoms with Crippen LogP contribution in [0, 0.1) is 0 Å². The van der Waals surface area contributed by atoms with Gasteiger partial charge in [0.2, 0.25) is 0 Å². The minimum absolute atomic E-state index is 0.329. The van der Waals surface area contributed by atoms with E-state index < -0.39 is 0 Å². The van der Waals surface area contributed by atoms with E-state index in [1.54, 1.807) is 27.2 Å². The van der Waals surface area contributed by atoms with Gasteiger partial charge in [0.1, 0.15) is 16.5 Å². The van der Waals surface area contributed by atoms with Crippen molar-refractivity contribution in [2.45, 2.75) is 13.3 Å². The van der Waals surface area contributed by atoms with E-state index in [0.29, 0.717) is 23.6 Å². The van der Waals surface area contributed by atoms with Gasteiger partial charge < -0.3 is 19.9 Å². The number of esters is 1. The van der Waals surface area contributed by atoms with Crippen LogP contribution >= 0.6 is 11.3 Å². The zero-order valence-electron chi connectivity index (χ0n) is 12.8. The lowest BCUT2D eigenvalue weighted by molar-refractivity contribution is 0.0528. The Balaban J connectivity index is 2.24. The first-order valence-electron chi connectivity index (χ1n) is 6.85. The Morgan fingerprint density at radius 3 is 2.64 bits per heavy atom. The highest BCUT2D eigenvalue weighted by atomic mass is 32.1. The van der Waals surface area contributed by atoms with Crippen molar-refractivity contribution in [3.63, 3.8) is 0 Å². The predicted molar refractivity (Wildman–Crippen MR) is 87.0 cm³/mol. The molecule has 0 fully saturated rings. The molecule has 0 saturated heterocycles. The lowest BCUT2D eigenvalue weighted by Crippen LogP contribution is -2.05. The molecule has 0 aliphatic carbocycles. The highest BCUT2D eigenvalue weighted by Gasteiger charge is 2.16. The van der Waals surface area contributed by atoms with Gasteiger partial charge in [0.15, 0.2) is 0 Å². The number of carbonyl (C=O) groups excluding carboxylic acids is 1. The maximum Gasteiger partial charge on any atom is 0.341 e. The Morgan fingerprint density at radius 2 is 2.00 bits per heavy atom. The van der Waals surface area contributed by atoms with Crippen molar-refractivity contribution >= 4 is 22.3 Å². The molecule has 2 N–H and O–H groups in total. The minimum atomic E-state index is -0.385. The second-order valence-corrected chi connectivity index (χ2v) is 5.73. The number of ether oxygens (including phenoxy) is 3. The summed E-state index contributed by atoms with van der Waals surface area (Å²) in [6, 6.07) is 7.43. The first kappa shape index (κ1) is 16.2. The van der Waals surface area contributed by atoms with Crippen molar-refractivity contribution in [1.82, 2.24) is 0 Å². The SMILES string of the molecule is CCOC(=O)c1cc(Cc2ccc(OC)cc2OC)sc1N. The Hall–Kier alpha value is -2.21.